The third-order valence-electron chi connectivity index (χ3n) is 7.74. The van der Waals surface area contributed by atoms with E-state index in [1.165, 1.54) is 17.8 Å². The van der Waals surface area contributed by atoms with Gasteiger partial charge in [0.25, 0.3) is 11.8 Å². The molecule has 7 nitrogen and oxygen atoms in total. The molecule has 1 fully saturated rings. The highest BCUT2D eigenvalue weighted by Crippen LogP contribution is 2.31. The Balaban J connectivity index is 1.24. The number of nitriles is 1. The molecule has 0 unspecified atom stereocenters. The molecule has 3 aromatic carbocycles. The lowest BCUT2D eigenvalue weighted by Crippen LogP contribution is -2.35. The number of nitrogens with zero attached hydrogens (tertiary/aromatic N) is 5. The van der Waals surface area contributed by atoms with Crippen molar-refractivity contribution in [2.75, 3.05) is 18.0 Å². The van der Waals surface area contributed by atoms with Gasteiger partial charge in [-0.15, -0.1) is 11.3 Å². The van der Waals surface area contributed by atoms with E-state index in [1.807, 2.05) is 88.3 Å². The van der Waals surface area contributed by atoms with Crippen LogP contribution >= 0.6 is 11.3 Å². The molecule has 5 aromatic rings. The Labute approximate surface area is 255 Å². The fourth-order valence-electron chi connectivity index (χ4n) is 5.35. The molecule has 6 rings (SSSR count). The van der Waals surface area contributed by atoms with Gasteiger partial charge in [0.05, 0.1) is 35.1 Å². The fourth-order valence-corrected chi connectivity index (χ4v) is 6.33. The van der Waals surface area contributed by atoms with Crippen molar-refractivity contribution in [1.82, 2.24) is 14.5 Å². The second-order valence-electron chi connectivity index (χ2n) is 10.6. The van der Waals surface area contributed by atoms with Crippen LogP contribution in [0.2, 0.25) is 0 Å². The van der Waals surface area contributed by atoms with Gasteiger partial charge < -0.3 is 14.4 Å². The predicted molar refractivity (Wildman–Crippen MR) is 169 cm³/mol. The molecule has 214 valence electrons. The lowest BCUT2D eigenvalue weighted by atomic mass is 10.1. The van der Waals surface area contributed by atoms with Crippen LogP contribution in [0.4, 0.5) is 5.69 Å². The van der Waals surface area contributed by atoms with Crippen molar-refractivity contribution in [3.63, 3.8) is 0 Å². The molecule has 43 heavy (non-hydrogen) atoms. The molecular formula is C35H31N5O2S. The second kappa shape index (κ2) is 12.9. The van der Waals surface area contributed by atoms with Gasteiger partial charge in [0.2, 0.25) is 0 Å². The van der Waals surface area contributed by atoms with Gasteiger partial charge in [-0.2, -0.15) is 5.26 Å². The molecule has 0 bridgehead atoms. The summed E-state index contributed by atoms with van der Waals surface area (Å²) in [6.45, 7) is 2.57. The number of benzene rings is 3. The topological polar surface area (TPSA) is 82.2 Å². The van der Waals surface area contributed by atoms with E-state index in [4.69, 9.17) is 5.26 Å². The van der Waals surface area contributed by atoms with Crippen LogP contribution in [0.25, 0.3) is 10.4 Å². The molecule has 0 spiro atoms. The number of thiophene rings is 1. The first-order chi connectivity index (χ1) is 21.1. The summed E-state index contributed by atoms with van der Waals surface area (Å²) in [6, 6.07) is 30.8. The molecule has 0 radical (unpaired) electrons. The number of likely N-dealkylation sites (tertiary alicyclic amines) is 1. The van der Waals surface area contributed by atoms with Gasteiger partial charge in [-0.3, -0.25) is 9.59 Å². The molecule has 0 aliphatic carbocycles. The Morgan fingerprint density at radius 1 is 0.884 bits per heavy atom. The minimum atomic E-state index is -0.106. The summed E-state index contributed by atoms with van der Waals surface area (Å²) in [6.07, 6.45) is 6.88. The first kappa shape index (κ1) is 28.1. The van der Waals surface area contributed by atoms with Crippen LogP contribution in [0.1, 0.15) is 56.1 Å². The van der Waals surface area contributed by atoms with Crippen molar-refractivity contribution in [3.05, 3.63) is 131 Å². The van der Waals surface area contributed by atoms with Crippen LogP contribution in [0, 0.1) is 11.3 Å². The van der Waals surface area contributed by atoms with E-state index in [0.29, 0.717) is 24.2 Å². The smallest absolute Gasteiger partial charge is 0.263 e. The molecule has 2 aromatic heterocycles. The number of imidazole rings is 1. The number of hydrogen-bond donors (Lipinski definition) is 0. The van der Waals surface area contributed by atoms with E-state index in [-0.39, 0.29) is 11.8 Å². The number of anilines is 1. The van der Waals surface area contributed by atoms with Gasteiger partial charge in [-0.1, -0.05) is 42.5 Å². The highest BCUT2D eigenvalue weighted by atomic mass is 32.1. The Hall–Kier alpha value is -5.00. The Kier molecular flexibility index (Phi) is 8.43. The lowest BCUT2D eigenvalue weighted by Gasteiger charge is -2.26. The van der Waals surface area contributed by atoms with Gasteiger partial charge >= 0.3 is 0 Å². The van der Waals surface area contributed by atoms with Crippen molar-refractivity contribution in [1.29, 1.82) is 5.26 Å². The molecule has 0 atom stereocenters. The fraction of sp³-hybridized carbons (Fsp3) is 0.200. The average Bonchev–Trinajstić information content (AvgIpc) is 3.74. The number of amides is 2. The normalized spacial score (nSPS) is 13.0. The van der Waals surface area contributed by atoms with Crippen LogP contribution < -0.4 is 4.90 Å². The average molecular weight is 586 g/mol. The SMILES string of the molecule is N#Cc1ccc(Cn2cncc2CN(C(=O)c2ccccc2)c2ccc(-c3ccc(C(=O)N4CCCCC4)s3)cc2)cc1. The first-order valence-electron chi connectivity index (χ1n) is 14.4. The van der Waals surface area contributed by atoms with Gasteiger partial charge in [-0.05, 0) is 78.9 Å². The molecule has 0 N–H and O–H groups in total. The maximum absolute atomic E-state index is 13.8. The number of carbonyl (C=O) groups is 2. The van der Waals surface area contributed by atoms with E-state index in [1.54, 1.807) is 29.6 Å². The van der Waals surface area contributed by atoms with E-state index < -0.39 is 0 Å². The van der Waals surface area contributed by atoms with Crippen LogP contribution in [-0.4, -0.2) is 39.4 Å². The van der Waals surface area contributed by atoms with Crippen LogP contribution in [0.3, 0.4) is 0 Å². The van der Waals surface area contributed by atoms with Gasteiger partial charge in [0, 0.05) is 42.0 Å². The summed E-state index contributed by atoms with van der Waals surface area (Å²) >= 11 is 1.51. The minimum absolute atomic E-state index is 0.106. The zero-order valence-electron chi connectivity index (χ0n) is 23.7. The Morgan fingerprint density at radius 2 is 1.63 bits per heavy atom. The number of aromatic nitrogens is 2. The number of hydrogen-bond acceptors (Lipinski definition) is 5. The zero-order valence-corrected chi connectivity index (χ0v) is 24.5. The summed E-state index contributed by atoms with van der Waals surface area (Å²) < 4.78 is 2.02. The van der Waals surface area contributed by atoms with E-state index in [0.717, 1.165) is 58.2 Å². The minimum Gasteiger partial charge on any atom is -0.338 e. The summed E-state index contributed by atoms with van der Waals surface area (Å²) in [5.74, 6) is 0.00910. The van der Waals surface area contributed by atoms with E-state index >= 15 is 0 Å². The maximum Gasteiger partial charge on any atom is 0.263 e. The largest absolute Gasteiger partial charge is 0.338 e. The van der Waals surface area contributed by atoms with Crippen molar-refractivity contribution >= 4 is 28.8 Å². The van der Waals surface area contributed by atoms with Crippen molar-refractivity contribution in [2.45, 2.75) is 32.4 Å². The molecule has 0 saturated carbocycles. The summed E-state index contributed by atoms with van der Waals surface area (Å²) in [5.41, 5.74) is 4.91. The maximum atomic E-state index is 13.8. The molecule has 3 heterocycles. The molecule has 1 aliphatic heterocycles. The van der Waals surface area contributed by atoms with Crippen LogP contribution in [0.15, 0.2) is 104 Å². The summed E-state index contributed by atoms with van der Waals surface area (Å²) in [7, 11) is 0. The quantitative estimate of drug-likeness (QED) is 0.196. The predicted octanol–water partition coefficient (Wildman–Crippen LogP) is 7.00. The van der Waals surface area contributed by atoms with Gasteiger partial charge in [0.15, 0.2) is 0 Å². The standard InChI is InChI=1S/C35H31N5O2S/c36-21-26-9-11-27(12-10-26)23-39-25-37-22-31(39)24-40(34(41)29-7-3-1-4-8-29)30-15-13-28(14-16-30)32-17-18-33(43-32)35(42)38-19-5-2-6-20-38/h1,3-4,7-18,22,25H,2,5-6,19-20,23-24H2. The molecular weight excluding hydrogens is 554 g/mol. The van der Waals surface area contributed by atoms with E-state index in [9.17, 15) is 9.59 Å². The number of carbonyl (C=O) groups excluding carboxylic acids is 2. The third kappa shape index (κ3) is 6.42. The molecule has 1 saturated heterocycles. The lowest BCUT2D eigenvalue weighted by molar-refractivity contribution is 0.0729. The third-order valence-corrected chi connectivity index (χ3v) is 8.87. The van der Waals surface area contributed by atoms with Gasteiger partial charge in [0.1, 0.15) is 0 Å². The van der Waals surface area contributed by atoms with Crippen molar-refractivity contribution < 1.29 is 9.59 Å². The Bertz CT molecular complexity index is 1740. The van der Waals surface area contributed by atoms with Crippen molar-refractivity contribution in [2.24, 2.45) is 0 Å². The van der Waals surface area contributed by atoms with Gasteiger partial charge in [-0.25, -0.2) is 4.98 Å². The monoisotopic (exact) mass is 585 g/mol. The van der Waals surface area contributed by atoms with E-state index in [2.05, 4.69) is 11.1 Å². The Morgan fingerprint density at radius 3 is 2.35 bits per heavy atom. The first-order valence-corrected chi connectivity index (χ1v) is 15.3. The van der Waals surface area contributed by atoms with Crippen LogP contribution in [0.5, 0.6) is 0 Å². The highest BCUT2D eigenvalue weighted by Gasteiger charge is 2.22. The van der Waals surface area contributed by atoms with Crippen LogP contribution in [-0.2, 0) is 13.1 Å². The zero-order chi connectivity index (χ0) is 29.6. The summed E-state index contributed by atoms with van der Waals surface area (Å²) in [5, 5.41) is 9.12. The summed E-state index contributed by atoms with van der Waals surface area (Å²) in [4.78, 5) is 36.7. The second-order valence-corrected chi connectivity index (χ2v) is 11.7. The number of rotatable bonds is 8. The van der Waals surface area contributed by atoms with Crippen molar-refractivity contribution in [3.8, 4) is 16.5 Å². The molecule has 1 aliphatic rings. The highest BCUT2D eigenvalue weighted by molar-refractivity contribution is 7.17. The molecule has 8 heteroatoms. The molecule has 2 amide bonds. The number of piperidine rings is 1.